The van der Waals surface area contributed by atoms with Gasteiger partial charge in [-0.2, -0.15) is 0 Å². The van der Waals surface area contributed by atoms with Crippen molar-refractivity contribution in [3.63, 3.8) is 0 Å². The molecule has 0 fully saturated rings. The van der Waals surface area contributed by atoms with Crippen LogP contribution in [0.15, 0.2) is 41.0 Å². The van der Waals surface area contributed by atoms with E-state index >= 15 is 0 Å². The van der Waals surface area contributed by atoms with Gasteiger partial charge < -0.3 is 14.7 Å². The lowest BCUT2D eigenvalue weighted by Crippen LogP contribution is -2.16. The van der Waals surface area contributed by atoms with Crippen molar-refractivity contribution < 1.29 is 8.81 Å². The van der Waals surface area contributed by atoms with Crippen molar-refractivity contribution in [1.29, 1.82) is 0 Å². The Morgan fingerprint density at radius 2 is 2.20 bits per heavy atom. The number of aromatic nitrogens is 1. The molecule has 0 aliphatic rings. The van der Waals surface area contributed by atoms with E-state index in [9.17, 15) is 4.39 Å². The van der Waals surface area contributed by atoms with E-state index in [-0.39, 0.29) is 5.82 Å². The Labute approximate surface area is 116 Å². The summed E-state index contributed by atoms with van der Waals surface area (Å²) in [5, 5.41) is 4.31. The maximum absolute atomic E-state index is 13.4. The van der Waals surface area contributed by atoms with Crippen LogP contribution < -0.4 is 5.32 Å². The molecule has 0 amide bonds. The van der Waals surface area contributed by atoms with Gasteiger partial charge in [0, 0.05) is 16.6 Å². The summed E-state index contributed by atoms with van der Waals surface area (Å²) in [6, 6.07) is 8.69. The first-order valence-corrected chi connectivity index (χ1v) is 6.74. The number of fused-ring (bicyclic) bond motifs is 1. The second kappa shape index (κ2) is 5.51. The van der Waals surface area contributed by atoms with Gasteiger partial charge in [-0.1, -0.05) is 0 Å². The Morgan fingerprint density at radius 1 is 1.30 bits per heavy atom. The first-order valence-electron chi connectivity index (χ1n) is 6.74. The highest BCUT2D eigenvalue weighted by Crippen LogP contribution is 2.23. The number of furan rings is 1. The van der Waals surface area contributed by atoms with E-state index < -0.39 is 0 Å². The average Bonchev–Trinajstić information content (AvgIpc) is 3.03. The van der Waals surface area contributed by atoms with Crippen LogP contribution in [0, 0.1) is 12.7 Å². The number of H-pyrrole nitrogens is 1. The van der Waals surface area contributed by atoms with Gasteiger partial charge in [-0.3, -0.25) is 0 Å². The third-order valence-corrected chi connectivity index (χ3v) is 3.51. The van der Waals surface area contributed by atoms with Crippen molar-refractivity contribution in [3.05, 3.63) is 59.4 Å². The molecule has 1 aromatic carbocycles. The van der Waals surface area contributed by atoms with E-state index in [0.29, 0.717) is 6.54 Å². The third-order valence-electron chi connectivity index (χ3n) is 3.51. The van der Waals surface area contributed by atoms with Gasteiger partial charge in [-0.25, -0.2) is 4.39 Å². The molecule has 3 nitrogen and oxygen atoms in total. The summed E-state index contributed by atoms with van der Waals surface area (Å²) in [5.41, 5.74) is 3.27. The van der Waals surface area contributed by atoms with Crippen LogP contribution in [0.5, 0.6) is 0 Å². The number of rotatable bonds is 5. The molecule has 0 aliphatic heterocycles. The molecule has 3 aromatic rings. The summed E-state index contributed by atoms with van der Waals surface area (Å²) < 4.78 is 18.6. The predicted octanol–water partition coefficient (Wildman–Crippen LogP) is 3.54. The zero-order chi connectivity index (χ0) is 13.9. The Bertz CT molecular complexity index is 701. The van der Waals surface area contributed by atoms with Gasteiger partial charge in [0.05, 0.1) is 12.8 Å². The highest BCUT2D eigenvalue weighted by atomic mass is 19.1. The molecule has 0 aliphatic carbocycles. The maximum atomic E-state index is 13.4. The van der Waals surface area contributed by atoms with Crippen molar-refractivity contribution in [2.75, 3.05) is 6.54 Å². The average molecular weight is 272 g/mol. The summed E-state index contributed by atoms with van der Waals surface area (Å²) in [4.78, 5) is 3.30. The molecule has 0 spiro atoms. The van der Waals surface area contributed by atoms with Crippen LogP contribution in [0.3, 0.4) is 0 Å². The van der Waals surface area contributed by atoms with Crippen molar-refractivity contribution >= 4 is 10.9 Å². The number of nitrogens with one attached hydrogen (secondary N) is 2. The number of hydrogen-bond acceptors (Lipinski definition) is 2. The van der Waals surface area contributed by atoms with Crippen LogP contribution in [0.4, 0.5) is 4.39 Å². The van der Waals surface area contributed by atoms with Gasteiger partial charge in [-0.15, -0.1) is 0 Å². The largest absolute Gasteiger partial charge is 0.468 e. The van der Waals surface area contributed by atoms with Gasteiger partial charge >= 0.3 is 0 Å². The molecule has 2 aromatic heterocycles. The summed E-state index contributed by atoms with van der Waals surface area (Å²) in [6.45, 7) is 3.56. The fraction of sp³-hybridized carbons (Fsp3) is 0.250. The summed E-state index contributed by atoms with van der Waals surface area (Å²) in [5.74, 6) is 0.730. The second-order valence-electron chi connectivity index (χ2n) is 4.92. The van der Waals surface area contributed by atoms with Crippen LogP contribution in [0.25, 0.3) is 10.9 Å². The van der Waals surface area contributed by atoms with Crippen molar-refractivity contribution in [3.8, 4) is 0 Å². The molecule has 0 saturated carbocycles. The van der Waals surface area contributed by atoms with Crippen LogP contribution in [-0.4, -0.2) is 11.5 Å². The Balaban J connectivity index is 1.67. The molecule has 0 saturated heterocycles. The maximum Gasteiger partial charge on any atom is 0.123 e. The van der Waals surface area contributed by atoms with E-state index in [2.05, 4.69) is 10.3 Å². The van der Waals surface area contributed by atoms with E-state index in [1.54, 1.807) is 18.4 Å². The van der Waals surface area contributed by atoms with E-state index in [1.807, 2.05) is 19.1 Å². The first kappa shape index (κ1) is 12.9. The molecule has 3 rings (SSSR count). The lowest BCUT2D eigenvalue weighted by molar-refractivity contribution is 0.484. The molecular weight excluding hydrogens is 255 g/mol. The molecule has 0 bridgehead atoms. The molecule has 0 radical (unpaired) electrons. The molecule has 2 heterocycles. The van der Waals surface area contributed by atoms with Gasteiger partial charge in [0.15, 0.2) is 0 Å². The number of hydrogen-bond donors (Lipinski definition) is 2. The Kier molecular flexibility index (Phi) is 3.56. The number of aryl methyl sites for hydroxylation is 1. The standard InChI is InChI=1S/C16H17FN2O/c1-11-14(6-7-18-10-13-3-2-8-20-13)15-9-12(17)4-5-16(15)19-11/h2-5,8-9,18-19H,6-7,10H2,1H3. The number of halogens is 1. The molecule has 0 atom stereocenters. The van der Waals surface area contributed by atoms with E-state index in [1.165, 1.54) is 11.6 Å². The topological polar surface area (TPSA) is 41.0 Å². The lowest BCUT2D eigenvalue weighted by Gasteiger charge is -2.04. The molecule has 2 N–H and O–H groups in total. The van der Waals surface area contributed by atoms with Gasteiger partial charge in [-0.05, 0) is 55.8 Å². The van der Waals surface area contributed by atoms with E-state index in [4.69, 9.17) is 4.42 Å². The fourth-order valence-electron chi connectivity index (χ4n) is 2.51. The van der Waals surface area contributed by atoms with E-state index in [0.717, 1.165) is 35.3 Å². The lowest BCUT2D eigenvalue weighted by atomic mass is 10.1. The highest BCUT2D eigenvalue weighted by molar-refractivity contribution is 5.84. The minimum atomic E-state index is -0.193. The number of aromatic amines is 1. The monoisotopic (exact) mass is 272 g/mol. The molecule has 20 heavy (non-hydrogen) atoms. The van der Waals surface area contributed by atoms with Crippen molar-refractivity contribution in [1.82, 2.24) is 10.3 Å². The van der Waals surface area contributed by atoms with Crippen molar-refractivity contribution in [2.45, 2.75) is 19.9 Å². The second-order valence-corrected chi connectivity index (χ2v) is 4.92. The summed E-state index contributed by atoms with van der Waals surface area (Å²) in [6.07, 6.45) is 2.53. The quantitative estimate of drug-likeness (QED) is 0.697. The van der Waals surface area contributed by atoms with Gasteiger partial charge in [0.1, 0.15) is 11.6 Å². The van der Waals surface area contributed by atoms with Crippen LogP contribution in [0.2, 0.25) is 0 Å². The van der Waals surface area contributed by atoms with Gasteiger partial charge in [0.25, 0.3) is 0 Å². The summed E-state index contributed by atoms with van der Waals surface area (Å²) >= 11 is 0. The third kappa shape index (κ3) is 2.60. The minimum Gasteiger partial charge on any atom is -0.468 e. The smallest absolute Gasteiger partial charge is 0.123 e. The number of benzene rings is 1. The van der Waals surface area contributed by atoms with Crippen LogP contribution in [-0.2, 0) is 13.0 Å². The fourth-order valence-corrected chi connectivity index (χ4v) is 2.51. The van der Waals surface area contributed by atoms with Gasteiger partial charge in [0.2, 0.25) is 0 Å². The molecular formula is C16H17FN2O. The Morgan fingerprint density at radius 3 is 3.00 bits per heavy atom. The van der Waals surface area contributed by atoms with Crippen LogP contribution in [0.1, 0.15) is 17.0 Å². The van der Waals surface area contributed by atoms with Crippen molar-refractivity contribution in [2.24, 2.45) is 0 Å². The predicted molar refractivity (Wildman–Crippen MR) is 77.1 cm³/mol. The summed E-state index contributed by atoms with van der Waals surface area (Å²) in [7, 11) is 0. The molecule has 4 heteroatoms. The zero-order valence-electron chi connectivity index (χ0n) is 11.4. The Hall–Kier alpha value is -2.07. The highest BCUT2D eigenvalue weighted by Gasteiger charge is 2.08. The van der Waals surface area contributed by atoms with Crippen LogP contribution >= 0.6 is 0 Å². The zero-order valence-corrected chi connectivity index (χ0v) is 11.4. The normalized spacial score (nSPS) is 11.3. The SMILES string of the molecule is Cc1[nH]c2ccc(F)cc2c1CCNCc1ccco1. The molecule has 104 valence electrons. The molecule has 0 unspecified atom stereocenters. The minimum absolute atomic E-state index is 0.193. The first-order chi connectivity index (χ1) is 9.74.